The molecule has 0 amide bonds. The summed E-state index contributed by atoms with van der Waals surface area (Å²) in [6.45, 7) is 4.49. The Morgan fingerprint density at radius 2 is 1.82 bits per heavy atom. The number of allylic oxidation sites excluding steroid dienone is 4. The molecule has 0 heterocycles. The molecule has 1 nitrogen and oxygen atoms in total. The summed E-state index contributed by atoms with van der Waals surface area (Å²) in [5, 5.41) is 3.28. The van der Waals surface area contributed by atoms with Gasteiger partial charge in [-0.2, -0.15) is 0 Å². The molecule has 0 aromatic rings. The first-order chi connectivity index (χ1) is 5.43. The van der Waals surface area contributed by atoms with Crippen molar-refractivity contribution in [1.29, 1.82) is 0 Å². The van der Waals surface area contributed by atoms with Crippen molar-refractivity contribution in [2.45, 2.75) is 6.04 Å². The van der Waals surface area contributed by atoms with Crippen molar-refractivity contribution in [2.75, 3.05) is 6.54 Å². The Balaban J connectivity index is 2.40. The minimum absolute atomic E-state index is 0.350. The molecule has 1 aliphatic rings. The molecule has 0 saturated heterocycles. The van der Waals surface area contributed by atoms with E-state index in [-0.39, 0.29) is 0 Å². The minimum atomic E-state index is 0.350. The van der Waals surface area contributed by atoms with E-state index >= 15 is 0 Å². The highest BCUT2D eigenvalue weighted by Gasteiger charge is 1.95. The van der Waals surface area contributed by atoms with Gasteiger partial charge in [0, 0.05) is 12.6 Å². The van der Waals surface area contributed by atoms with Crippen molar-refractivity contribution in [2.24, 2.45) is 0 Å². The Kier molecular flexibility index (Phi) is 3.42. The summed E-state index contributed by atoms with van der Waals surface area (Å²) in [7, 11) is 0. The van der Waals surface area contributed by atoms with Crippen LogP contribution in [0.2, 0.25) is 0 Å². The molecule has 0 bridgehead atoms. The van der Waals surface area contributed by atoms with E-state index in [1.807, 2.05) is 30.4 Å². The van der Waals surface area contributed by atoms with E-state index < -0.39 is 0 Å². The summed E-state index contributed by atoms with van der Waals surface area (Å²) >= 11 is 0. The normalized spacial score (nSPS) is 16.7. The van der Waals surface area contributed by atoms with Gasteiger partial charge >= 0.3 is 0 Å². The first-order valence-electron chi connectivity index (χ1n) is 3.79. The molecule has 0 aromatic heterocycles. The SMILES string of the molecule is C=CCNC1C=CC=CC=C1. The summed E-state index contributed by atoms with van der Waals surface area (Å²) in [6.07, 6.45) is 14.2. The molecule has 11 heavy (non-hydrogen) atoms. The van der Waals surface area contributed by atoms with Gasteiger partial charge in [-0.25, -0.2) is 0 Å². The van der Waals surface area contributed by atoms with E-state index in [0.29, 0.717) is 6.04 Å². The molecule has 0 radical (unpaired) electrons. The predicted octanol–water partition coefficient (Wildman–Crippen LogP) is 1.81. The second kappa shape index (κ2) is 4.69. The summed E-state index contributed by atoms with van der Waals surface area (Å²) in [5.41, 5.74) is 0. The maximum atomic E-state index is 3.64. The van der Waals surface area contributed by atoms with Crippen LogP contribution in [0, 0.1) is 0 Å². The molecule has 1 aliphatic carbocycles. The van der Waals surface area contributed by atoms with Crippen LogP contribution in [0.5, 0.6) is 0 Å². The minimum Gasteiger partial charge on any atom is -0.304 e. The molecule has 1 heteroatoms. The van der Waals surface area contributed by atoms with Crippen molar-refractivity contribution in [3.05, 3.63) is 49.1 Å². The topological polar surface area (TPSA) is 12.0 Å². The molecular weight excluding hydrogens is 134 g/mol. The van der Waals surface area contributed by atoms with Gasteiger partial charge in [0.25, 0.3) is 0 Å². The van der Waals surface area contributed by atoms with Crippen LogP contribution >= 0.6 is 0 Å². The second-order valence-electron chi connectivity index (χ2n) is 2.38. The van der Waals surface area contributed by atoms with Crippen molar-refractivity contribution in [1.82, 2.24) is 5.32 Å². The van der Waals surface area contributed by atoms with E-state index in [1.54, 1.807) is 0 Å². The fraction of sp³-hybridized carbons (Fsp3) is 0.200. The predicted molar refractivity (Wildman–Crippen MR) is 49.4 cm³/mol. The highest BCUT2D eigenvalue weighted by molar-refractivity contribution is 5.21. The van der Waals surface area contributed by atoms with E-state index in [0.717, 1.165) is 6.54 Å². The summed E-state index contributed by atoms with van der Waals surface area (Å²) in [5.74, 6) is 0. The Morgan fingerprint density at radius 3 is 2.36 bits per heavy atom. The summed E-state index contributed by atoms with van der Waals surface area (Å²) in [6, 6.07) is 0.350. The molecule has 0 saturated carbocycles. The zero-order chi connectivity index (χ0) is 7.94. The van der Waals surface area contributed by atoms with Gasteiger partial charge in [-0.15, -0.1) is 6.58 Å². The Morgan fingerprint density at radius 1 is 1.18 bits per heavy atom. The lowest BCUT2D eigenvalue weighted by atomic mass is 10.2. The first-order valence-corrected chi connectivity index (χ1v) is 3.79. The number of hydrogen-bond acceptors (Lipinski definition) is 1. The van der Waals surface area contributed by atoms with Crippen LogP contribution in [0.4, 0.5) is 0 Å². The molecule has 0 aliphatic heterocycles. The average Bonchev–Trinajstić information content (AvgIpc) is 2.28. The fourth-order valence-electron chi connectivity index (χ4n) is 0.916. The third-order valence-electron chi connectivity index (χ3n) is 1.47. The van der Waals surface area contributed by atoms with Crippen LogP contribution in [0.25, 0.3) is 0 Å². The highest BCUT2D eigenvalue weighted by atomic mass is 14.9. The van der Waals surface area contributed by atoms with Gasteiger partial charge in [0.15, 0.2) is 0 Å². The number of hydrogen-bond donors (Lipinski definition) is 1. The van der Waals surface area contributed by atoms with Crippen molar-refractivity contribution < 1.29 is 0 Å². The summed E-state index contributed by atoms with van der Waals surface area (Å²) in [4.78, 5) is 0. The van der Waals surface area contributed by atoms with Gasteiger partial charge in [0.1, 0.15) is 0 Å². The molecule has 58 valence electrons. The van der Waals surface area contributed by atoms with Crippen molar-refractivity contribution in [3.63, 3.8) is 0 Å². The summed E-state index contributed by atoms with van der Waals surface area (Å²) < 4.78 is 0. The van der Waals surface area contributed by atoms with Crippen molar-refractivity contribution >= 4 is 0 Å². The lowest BCUT2D eigenvalue weighted by Gasteiger charge is -2.06. The van der Waals surface area contributed by atoms with E-state index in [2.05, 4.69) is 24.0 Å². The van der Waals surface area contributed by atoms with E-state index in [4.69, 9.17) is 0 Å². The Labute approximate surface area is 67.8 Å². The molecule has 0 fully saturated rings. The molecule has 0 unspecified atom stereocenters. The quantitative estimate of drug-likeness (QED) is 0.600. The molecule has 0 spiro atoms. The highest BCUT2D eigenvalue weighted by Crippen LogP contribution is 1.95. The monoisotopic (exact) mass is 147 g/mol. The Bertz CT molecular complexity index is 183. The molecular formula is C10H13N. The molecule has 1 rings (SSSR count). The smallest absolute Gasteiger partial charge is 0.0444 e. The maximum Gasteiger partial charge on any atom is 0.0444 e. The van der Waals surface area contributed by atoms with Crippen LogP contribution < -0.4 is 5.32 Å². The van der Waals surface area contributed by atoms with Crippen LogP contribution in [-0.2, 0) is 0 Å². The van der Waals surface area contributed by atoms with Gasteiger partial charge in [-0.3, -0.25) is 0 Å². The molecule has 0 aromatic carbocycles. The standard InChI is InChI=1S/C10H13N/c1-2-9-11-10-7-5-3-4-6-8-10/h2-8,10-11H,1,9H2. The van der Waals surface area contributed by atoms with E-state index in [1.165, 1.54) is 0 Å². The number of nitrogens with one attached hydrogen (secondary N) is 1. The second-order valence-corrected chi connectivity index (χ2v) is 2.38. The molecule has 0 atom stereocenters. The van der Waals surface area contributed by atoms with Crippen LogP contribution in [0.3, 0.4) is 0 Å². The van der Waals surface area contributed by atoms with Crippen molar-refractivity contribution in [3.8, 4) is 0 Å². The average molecular weight is 147 g/mol. The lowest BCUT2D eigenvalue weighted by Crippen LogP contribution is -2.24. The van der Waals surface area contributed by atoms with Gasteiger partial charge in [-0.1, -0.05) is 42.5 Å². The zero-order valence-electron chi connectivity index (χ0n) is 6.53. The van der Waals surface area contributed by atoms with Crippen LogP contribution in [-0.4, -0.2) is 12.6 Å². The van der Waals surface area contributed by atoms with Crippen LogP contribution in [0.1, 0.15) is 0 Å². The Hall–Kier alpha value is -1.08. The maximum absolute atomic E-state index is 3.64. The van der Waals surface area contributed by atoms with Gasteiger partial charge in [0.05, 0.1) is 0 Å². The lowest BCUT2D eigenvalue weighted by molar-refractivity contribution is 0.738. The number of rotatable bonds is 3. The van der Waals surface area contributed by atoms with Crippen LogP contribution in [0.15, 0.2) is 49.1 Å². The fourth-order valence-corrected chi connectivity index (χ4v) is 0.916. The largest absolute Gasteiger partial charge is 0.304 e. The third kappa shape index (κ3) is 3.01. The van der Waals surface area contributed by atoms with Gasteiger partial charge < -0.3 is 5.32 Å². The molecule has 1 N–H and O–H groups in total. The third-order valence-corrected chi connectivity index (χ3v) is 1.47. The van der Waals surface area contributed by atoms with E-state index in [9.17, 15) is 0 Å². The zero-order valence-corrected chi connectivity index (χ0v) is 6.53. The van der Waals surface area contributed by atoms with Gasteiger partial charge in [0.2, 0.25) is 0 Å². The van der Waals surface area contributed by atoms with Gasteiger partial charge in [-0.05, 0) is 0 Å². The first kappa shape index (κ1) is 8.02.